The average molecular weight is 358 g/mol. The lowest BCUT2D eigenvalue weighted by atomic mass is 10.1. The first-order valence-corrected chi connectivity index (χ1v) is 7.34. The van der Waals surface area contributed by atoms with Gasteiger partial charge in [-0.25, -0.2) is 4.79 Å². The Balaban J connectivity index is 3.19. The number of esters is 1. The number of benzene rings is 1. The highest BCUT2D eigenvalue weighted by atomic mass is 35.5. The third-order valence-corrected chi connectivity index (χ3v) is 3.10. The largest absolute Gasteiger partial charge is 0.500 e. The zero-order valence-corrected chi connectivity index (χ0v) is 14.6. The van der Waals surface area contributed by atoms with Gasteiger partial charge in [0, 0.05) is 5.02 Å². The number of rotatable bonds is 7. The second-order valence-electron chi connectivity index (χ2n) is 5.45. The topological polar surface area (TPSA) is 94.1 Å². The number of nitrogens with one attached hydrogen (secondary N) is 1. The highest BCUT2D eigenvalue weighted by Crippen LogP contribution is 2.25. The predicted octanol–water partition coefficient (Wildman–Crippen LogP) is 1.88. The summed E-state index contributed by atoms with van der Waals surface area (Å²) in [7, 11) is 2.53. The van der Waals surface area contributed by atoms with Crippen LogP contribution in [0.5, 0.6) is 5.75 Å². The maximum absolute atomic E-state index is 12.4. The average Bonchev–Trinajstić information content (AvgIpc) is 2.54. The van der Waals surface area contributed by atoms with E-state index in [1.54, 1.807) is 13.8 Å². The molecular weight excluding hydrogens is 338 g/mol. The summed E-state index contributed by atoms with van der Waals surface area (Å²) < 4.78 is 14.8. The van der Waals surface area contributed by atoms with Crippen molar-refractivity contribution in [2.24, 2.45) is 0 Å². The van der Waals surface area contributed by atoms with Crippen molar-refractivity contribution in [3.63, 3.8) is 0 Å². The number of aliphatic hydroxyl groups is 1. The van der Waals surface area contributed by atoms with Crippen molar-refractivity contribution in [3.8, 4) is 5.75 Å². The molecule has 7 nitrogen and oxygen atoms in total. The number of carbonyl (C=O) groups excluding carboxylic acids is 2. The van der Waals surface area contributed by atoms with E-state index in [0.717, 1.165) is 6.26 Å². The molecule has 0 atom stereocenters. The molecule has 0 bridgehead atoms. The Labute approximate surface area is 145 Å². The molecule has 0 aromatic heterocycles. The minimum absolute atomic E-state index is 0.0827. The number of ether oxygens (including phenoxy) is 3. The number of methoxy groups -OCH3 is 2. The van der Waals surface area contributed by atoms with Crippen molar-refractivity contribution >= 4 is 23.5 Å². The minimum Gasteiger partial charge on any atom is -0.500 e. The number of halogens is 1. The molecule has 0 radical (unpaired) electrons. The fraction of sp³-hybridized carbons (Fsp3) is 0.375. The molecule has 24 heavy (non-hydrogen) atoms. The molecule has 0 saturated carbocycles. The summed E-state index contributed by atoms with van der Waals surface area (Å²) in [6, 6.07) is 4.34. The highest BCUT2D eigenvalue weighted by Gasteiger charge is 2.24. The molecule has 0 heterocycles. The van der Waals surface area contributed by atoms with Crippen molar-refractivity contribution in [2.75, 3.05) is 20.8 Å². The van der Waals surface area contributed by atoms with Gasteiger partial charge in [-0.05, 0) is 32.0 Å². The summed E-state index contributed by atoms with van der Waals surface area (Å²) in [6.45, 7) is 3.05. The fourth-order valence-corrected chi connectivity index (χ4v) is 1.79. The fourth-order valence-electron chi connectivity index (χ4n) is 1.62. The molecule has 0 aliphatic heterocycles. The van der Waals surface area contributed by atoms with E-state index in [2.05, 4.69) is 10.1 Å². The van der Waals surface area contributed by atoms with Crippen LogP contribution in [0.25, 0.3) is 0 Å². The summed E-state index contributed by atoms with van der Waals surface area (Å²) in [5, 5.41) is 12.2. The Bertz CT molecular complexity index is 641. The molecular formula is C16H20ClNO6. The molecule has 0 unspecified atom stereocenters. The molecule has 1 amide bonds. The van der Waals surface area contributed by atoms with Gasteiger partial charge < -0.3 is 24.6 Å². The number of carbonyl (C=O) groups is 2. The van der Waals surface area contributed by atoms with Crippen LogP contribution >= 0.6 is 11.6 Å². The van der Waals surface area contributed by atoms with E-state index in [0.29, 0.717) is 5.02 Å². The Morgan fingerprint density at radius 1 is 1.33 bits per heavy atom. The predicted molar refractivity (Wildman–Crippen MR) is 87.8 cm³/mol. The van der Waals surface area contributed by atoms with E-state index in [1.807, 2.05) is 0 Å². The van der Waals surface area contributed by atoms with Gasteiger partial charge in [0.1, 0.15) is 12.0 Å². The number of hydrogen-bond donors (Lipinski definition) is 2. The third kappa shape index (κ3) is 5.43. The van der Waals surface area contributed by atoms with Crippen LogP contribution in [0.15, 0.2) is 30.2 Å². The first-order chi connectivity index (χ1) is 11.2. The van der Waals surface area contributed by atoms with E-state index < -0.39 is 17.4 Å². The van der Waals surface area contributed by atoms with Crippen molar-refractivity contribution in [1.82, 2.24) is 5.32 Å². The summed E-state index contributed by atoms with van der Waals surface area (Å²) in [5.74, 6) is -1.45. The van der Waals surface area contributed by atoms with Crippen molar-refractivity contribution in [2.45, 2.75) is 19.4 Å². The van der Waals surface area contributed by atoms with Crippen LogP contribution in [0.2, 0.25) is 5.02 Å². The minimum atomic E-state index is -0.843. The molecule has 0 aliphatic rings. The van der Waals surface area contributed by atoms with Crippen molar-refractivity contribution in [1.29, 1.82) is 0 Å². The van der Waals surface area contributed by atoms with E-state index in [-0.39, 0.29) is 23.7 Å². The lowest BCUT2D eigenvalue weighted by Crippen LogP contribution is -2.46. The van der Waals surface area contributed by atoms with Gasteiger partial charge in [0.2, 0.25) is 5.76 Å². The molecule has 1 aromatic rings. The van der Waals surface area contributed by atoms with Gasteiger partial charge in [0.25, 0.3) is 5.91 Å². The van der Waals surface area contributed by atoms with Crippen LogP contribution in [0, 0.1) is 0 Å². The normalized spacial score (nSPS) is 11.7. The molecule has 0 saturated heterocycles. The van der Waals surface area contributed by atoms with Crippen LogP contribution in [-0.4, -0.2) is 43.3 Å². The maximum Gasteiger partial charge on any atom is 0.377 e. The van der Waals surface area contributed by atoms with Gasteiger partial charge in [-0.2, -0.15) is 0 Å². The van der Waals surface area contributed by atoms with Gasteiger partial charge in [-0.3, -0.25) is 4.79 Å². The number of amides is 1. The Kier molecular flexibility index (Phi) is 7.06. The molecule has 8 heteroatoms. The van der Waals surface area contributed by atoms with Crippen molar-refractivity contribution < 1.29 is 28.9 Å². The van der Waals surface area contributed by atoms with Crippen LogP contribution in [0.1, 0.15) is 24.2 Å². The quantitative estimate of drug-likeness (QED) is 0.439. The van der Waals surface area contributed by atoms with Crippen molar-refractivity contribution in [3.05, 3.63) is 40.8 Å². The smallest absolute Gasteiger partial charge is 0.377 e. The highest BCUT2D eigenvalue weighted by molar-refractivity contribution is 6.31. The lowest BCUT2D eigenvalue weighted by Gasteiger charge is -2.24. The van der Waals surface area contributed by atoms with Crippen LogP contribution in [0.3, 0.4) is 0 Å². The molecule has 2 N–H and O–H groups in total. The SMILES string of the molecule is CO/C=C(/Oc1ccc(Cl)cc1C(=O)NC(C)(C)CO)C(=O)OC. The molecule has 0 fully saturated rings. The molecule has 0 spiro atoms. The zero-order chi connectivity index (χ0) is 18.3. The number of hydrogen-bond acceptors (Lipinski definition) is 6. The number of aliphatic hydroxyl groups excluding tert-OH is 1. The van der Waals surface area contributed by atoms with Gasteiger partial charge in [-0.15, -0.1) is 0 Å². The summed E-state index contributed by atoms with van der Waals surface area (Å²) in [6.07, 6.45) is 1.06. The van der Waals surface area contributed by atoms with Crippen LogP contribution < -0.4 is 10.1 Å². The molecule has 1 rings (SSSR count). The van der Waals surface area contributed by atoms with Crippen LogP contribution in [-0.2, 0) is 14.3 Å². The van der Waals surface area contributed by atoms with Gasteiger partial charge >= 0.3 is 5.97 Å². The Morgan fingerprint density at radius 2 is 2.00 bits per heavy atom. The third-order valence-electron chi connectivity index (χ3n) is 2.86. The zero-order valence-electron chi connectivity index (χ0n) is 13.9. The first-order valence-electron chi connectivity index (χ1n) is 6.96. The summed E-state index contributed by atoms with van der Waals surface area (Å²) in [5.41, 5.74) is -0.751. The maximum atomic E-state index is 12.4. The summed E-state index contributed by atoms with van der Waals surface area (Å²) in [4.78, 5) is 24.1. The van der Waals surface area contributed by atoms with E-state index in [1.165, 1.54) is 32.4 Å². The first kappa shape index (κ1) is 19.8. The standard InChI is InChI=1S/C16H20ClNO6/c1-16(2,9-19)18-14(20)11-7-10(17)5-6-12(11)24-13(8-22-3)15(21)23-4/h5-8,19H,9H2,1-4H3,(H,18,20)/b13-8+. The van der Waals surface area contributed by atoms with Crippen LogP contribution in [0.4, 0.5) is 0 Å². The second kappa shape index (κ2) is 8.56. The Hall–Kier alpha value is -2.25. The van der Waals surface area contributed by atoms with E-state index in [4.69, 9.17) is 21.1 Å². The van der Waals surface area contributed by atoms with Gasteiger partial charge in [0.05, 0.1) is 31.9 Å². The van der Waals surface area contributed by atoms with Gasteiger partial charge in [-0.1, -0.05) is 11.6 Å². The molecule has 132 valence electrons. The van der Waals surface area contributed by atoms with Gasteiger partial charge in [0.15, 0.2) is 0 Å². The molecule has 1 aromatic carbocycles. The Morgan fingerprint density at radius 3 is 2.54 bits per heavy atom. The summed E-state index contributed by atoms with van der Waals surface area (Å²) >= 11 is 5.94. The van der Waals surface area contributed by atoms with E-state index >= 15 is 0 Å². The second-order valence-corrected chi connectivity index (χ2v) is 5.88. The van der Waals surface area contributed by atoms with E-state index in [9.17, 15) is 14.7 Å². The lowest BCUT2D eigenvalue weighted by molar-refractivity contribution is -0.138. The monoisotopic (exact) mass is 357 g/mol. The molecule has 0 aliphatic carbocycles.